The quantitative estimate of drug-likeness (QED) is 0.660. The maximum atomic E-state index is 12.9. The molecule has 3 rings (SSSR count). The Kier molecular flexibility index (Phi) is 8.29. The van der Waals surface area contributed by atoms with E-state index in [1.165, 1.54) is 0 Å². The molecule has 0 spiro atoms. The summed E-state index contributed by atoms with van der Waals surface area (Å²) in [5, 5.41) is 5.89. The molecule has 7 heteroatoms. The van der Waals surface area contributed by atoms with Gasteiger partial charge in [0.1, 0.15) is 11.9 Å². The smallest absolute Gasteiger partial charge is 0.411 e. The molecule has 2 aromatic rings. The third-order valence-corrected chi connectivity index (χ3v) is 5.45. The highest BCUT2D eigenvalue weighted by molar-refractivity contribution is 5.97. The molecule has 2 unspecified atom stereocenters. The van der Waals surface area contributed by atoms with Crippen LogP contribution in [0.3, 0.4) is 0 Å². The van der Waals surface area contributed by atoms with E-state index in [4.69, 9.17) is 9.47 Å². The lowest BCUT2D eigenvalue weighted by molar-refractivity contribution is 0.0378. The van der Waals surface area contributed by atoms with E-state index in [1.807, 2.05) is 49.4 Å². The third-order valence-electron chi connectivity index (χ3n) is 5.45. The van der Waals surface area contributed by atoms with Crippen molar-refractivity contribution in [3.63, 3.8) is 0 Å². The van der Waals surface area contributed by atoms with Gasteiger partial charge in [-0.05, 0) is 49.9 Å². The fourth-order valence-electron chi connectivity index (χ4n) is 3.77. The van der Waals surface area contributed by atoms with Crippen molar-refractivity contribution in [2.75, 3.05) is 25.5 Å². The summed E-state index contributed by atoms with van der Waals surface area (Å²) in [5.74, 6) is 0.389. The Morgan fingerprint density at radius 2 is 1.84 bits per heavy atom. The Morgan fingerprint density at radius 3 is 2.58 bits per heavy atom. The van der Waals surface area contributed by atoms with Crippen molar-refractivity contribution >= 4 is 17.7 Å². The van der Waals surface area contributed by atoms with Crippen LogP contribution in [0.2, 0.25) is 0 Å². The number of piperidine rings is 1. The molecule has 2 amide bonds. The second kappa shape index (κ2) is 11.4. The molecule has 1 saturated heterocycles. The number of ether oxygens (including phenoxy) is 2. The summed E-state index contributed by atoms with van der Waals surface area (Å²) in [6, 6.07) is 16.4. The summed E-state index contributed by atoms with van der Waals surface area (Å²) >= 11 is 0. The molecule has 1 fully saturated rings. The lowest BCUT2D eigenvalue weighted by Gasteiger charge is -2.37. The van der Waals surface area contributed by atoms with Crippen molar-refractivity contribution in [3.8, 4) is 5.75 Å². The fraction of sp³-hybridized carbons (Fsp3) is 0.417. The number of nitrogens with one attached hydrogen (secondary N) is 2. The number of methoxy groups -OCH3 is 1. The number of carbonyl (C=O) groups excluding carboxylic acids is 2. The minimum Gasteiger partial charge on any atom is -0.496 e. The third kappa shape index (κ3) is 6.46. The second-order valence-corrected chi connectivity index (χ2v) is 7.61. The fourth-order valence-corrected chi connectivity index (χ4v) is 3.77. The molecule has 0 saturated carbocycles. The first-order valence-electron chi connectivity index (χ1n) is 10.8. The Hall–Kier alpha value is -3.06. The highest BCUT2D eigenvalue weighted by Gasteiger charge is 2.28. The average molecular weight is 426 g/mol. The number of hydrogen-bond donors (Lipinski definition) is 2. The van der Waals surface area contributed by atoms with Crippen molar-refractivity contribution in [1.82, 2.24) is 10.2 Å². The van der Waals surface area contributed by atoms with E-state index in [0.717, 1.165) is 25.8 Å². The van der Waals surface area contributed by atoms with E-state index < -0.39 is 6.09 Å². The molecule has 0 aliphatic carbocycles. The Bertz CT molecular complexity index is 859. The number of benzene rings is 2. The van der Waals surface area contributed by atoms with Crippen LogP contribution in [-0.2, 0) is 4.74 Å². The summed E-state index contributed by atoms with van der Waals surface area (Å²) in [6.45, 7) is 3.40. The first-order valence-corrected chi connectivity index (χ1v) is 10.8. The lowest BCUT2D eigenvalue weighted by atomic mass is 10.1. The number of amides is 2. The Labute approximate surface area is 183 Å². The molecular formula is C24H31N3O4. The van der Waals surface area contributed by atoms with Gasteiger partial charge in [0.05, 0.1) is 18.8 Å². The van der Waals surface area contributed by atoms with Gasteiger partial charge >= 0.3 is 6.09 Å². The molecule has 2 atom stereocenters. The van der Waals surface area contributed by atoms with E-state index in [9.17, 15) is 9.59 Å². The predicted octanol–water partition coefficient (Wildman–Crippen LogP) is 4.26. The van der Waals surface area contributed by atoms with Crippen LogP contribution >= 0.6 is 0 Å². The van der Waals surface area contributed by atoms with Gasteiger partial charge in [0, 0.05) is 18.8 Å². The SMILES string of the molecule is CCC(CN1CCCCC1NC(=O)c1ccccc1OC)OC(=O)Nc1ccccc1. The maximum Gasteiger partial charge on any atom is 0.411 e. The highest BCUT2D eigenvalue weighted by Crippen LogP contribution is 2.21. The van der Waals surface area contributed by atoms with Gasteiger partial charge in [0.25, 0.3) is 5.91 Å². The summed E-state index contributed by atoms with van der Waals surface area (Å²) in [5.41, 5.74) is 1.21. The van der Waals surface area contributed by atoms with Crippen LogP contribution in [0.15, 0.2) is 54.6 Å². The molecular weight excluding hydrogens is 394 g/mol. The largest absolute Gasteiger partial charge is 0.496 e. The number of nitrogens with zero attached hydrogens (tertiary/aromatic N) is 1. The van der Waals surface area contributed by atoms with Crippen molar-refractivity contribution in [2.45, 2.75) is 44.9 Å². The zero-order valence-electron chi connectivity index (χ0n) is 18.2. The number of carbonyl (C=O) groups is 2. The molecule has 1 aliphatic heterocycles. The zero-order valence-corrected chi connectivity index (χ0v) is 18.2. The van der Waals surface area contributed by atoms with Crippen LogP contribution in [0.4, 0.5) is 10.5 Å². The van der Waals surface area contributed by atoms with Crippen molar-refractivity contribution in [2.24, 2.45) is 0 Å². The topological polar surface area (TPSA) is 79.9 Å². The van der Waals surface area contributed by atoms with Crippen molar-refractivity contribution < 1.29 is 19.1 Å². The molecule has 0 radical (unpaired) electrons. The monoisotopic (exact) mass is 425 g/mol. The molecule has 2 aromatic carbocycles. The Balaban J connectivity index is 1.59. The van der Waals surface area contributed by atoms with Gasteiger partial charge in [-0.2, -0.15) is 0 Å². The number of para-hydroxylation sites is 2. The van der Waals surface area contributed by atoms with Gasteiger partial charge in [-0.1, -0.05) is 37.3 Å². The van der Waals surface area contributed by atoms with Gasteiger partial charge < -0.3 is 14.8 Å². The van der Waals surface area contributed by atoms with Crippen molar-refractivity contribution in [3.05, 3.63) is 60.2 Å². The van der Waals surface area contributed by atoms with Crippen LogP contribution in [0.25, 0.3) is 0 Å². The van der Waals surface area contributed by atoms with E-state index in [1.54, 1.807) is 19.2 Å². The van der Waals surface area contributed by atoms with Gasteiger partial charge in [-0.25, -0.2) is 4.79 Å². The molecule has 0 aromatic heterocycles. The van der Waals surface area contributed by atoms with E-state index >= 15 is 0 Å². The first-order chi connectivity index (χ1) is 15.1. The number of hydrogen-bond acceptors (Lipinski definition) is 5. The van der Waals surface area contributed by atoms with Crippen LogP contribution in [-0.4, -0.2) is 49.4 Å². The van der Waals surface area contributed by atoms with Gasteiger partial charge in [-0.15, -0.1) is 0 Å². The molecule has 7 nitrogen and oxygen atoms in total. The minimum absolute atomic E-state index is 0.110. The van der Waals surface area contributed by atoms with E-state index in [-0.39, 0.29) is 18.2 Å². The highest BCUT2D eigenvalue weighted by atomic mass is 16.6. The van der Waals surface area contributed by atoms with Gasteiger partial charge in [0.15, 0.2) is 0 Å². The van der Waals surface area contributed by atoms with Gasteiger partial charge in [0.2, 0.25) is 0 Å². The minimum atomic E-state index is -0.468. The van der Waals surface area contributed by atoms with E-state index in [2.05, 4.69) is 15.5 Å². The normalized spacial score (nSPS) is 17.4. The molecule has 1 heterocycles. The summed E-state index contributed by atoms with van der Waals surface area (Å²) in [4.78, 5) is 27.4. The first kappa shape index (κ1) is 22.6. The lowest BCUT2D eigenvalue weighted by Crippen LogP contribution is -2.53. The molecule has 2 N–H and O–H groups in total. The van der Waals surface area contributed by atoms with Crippen LogP contribution in [0.5, 0.6) is 5.75 Å². The summed E-state index contributed by atoms with van der Waals surface area (Å²) < 4.78 is 11.0. The number of anilines is 1. The molecule has 166 valence electrons. The van der Waals surface area contributed by atoms with E-state index in [0.29, 0.717) is 30.0 Å². The summed E-state index contributed by atoms with van der Waals surface area (Å²) in [6.07, 6.45) is 2.78. The van der Waals surface area contributed by atoms with Gasteiger partial charge in [-0.3, -0.25) is 15.0 Å². The Morgan fingerprint density at radius 1 is 1.10 bits per heavy atom. The second-order valence-electron chi connectivity index (χ2n) is 7.61. The standard InChI is InChI=1S/C24H31N3O4/c1-3-19(31-24(29)25-18-11-5-4-6-12-18)17-27-16-10-9-15-22(27)26-23(28)20-13-7-8-14-21(20)30-2/h4-8,11-14,19,22H,3,9-10,15-17H2,1-2H3,(H,25,29)(H,26,28). The van der Waals surface area contributed by atoms with Crippen LogP contribution < -0.4 is 15.4 Å². The number of rotatable bonds is 8. The zero-order chi connectivity index (χ0) is 22.1. The molecule has 31 heavy (non-hydrogen) atoms. The molecule has 1 aliphatic rings. The average Bonchev–Trinajstić information content (AvgIpc) is 2.80. The summed E-state index contributed by atoms with van der Waals surface area (Å²) in [7, 11) is 1.56. The number of likely N-dealkylation sites (tertiary alicyclic amines) is 1. The maximum absolute atomic E-state index is 12.9. The molecule has 0 bridgehead atoms. The predicted molar refractivity (Wildman–Crippen MR) is 120 cm³/mol. The van der Waals surface area contributed by atoms with Crippen LogP contribution in [0, 0.1) is 0 Å². The van der Waals surface area contributed by atoms with Crippen LogP contribution in [0.1, 0.15) is 43.0 Å². The van der Waals surface area contributed by atoms with Crippen molar-refractivity contribution in [1.29, 1.82) is 0 Å².